The fraction of sp³-hybridized carbons (Fsp3) is 0.100. The van der Waals surface area contributed by atoms with Crippen LogP contribution in [0, 0.1) is 5.82 Å². The maximum atomic E-state index is 12.9. The summed E-state index contributed by atoms with van der Waals surface area (Å²) in [6, 6.07) is 4.48. The fourth-order valence-corrected chi connectivity index (χ4v) is 1.53. The van der Waals surface area contributed by atoms with Crippen LogP contribution in [0.4, 0.5) is 4.39 Å². The van der Waals surface area contributed by atoms with Gasteiger partial charge in [-0.05, 0) is 18.2 Å². The van der Waals surface area contributed by atoms with E-state index < -0.39 is 5.82 Å². The average Bonchev–Trinajstić information content (AvgIpc) is 2.70. The highest BCUT2D eigenvalue weighted by Gasteiger charge is 2.03. The summed E-state index contributed by atoms with van der Waals surface area (Å²) in [5.41, 5.74) is 1.52. The van der Waals surface area contributed by atoms with Gasteiger partial charge >= 0.3 is 0 Å². The first-order chi connectivity index (χ1) is 7.20. The molecule has 0 radical (unpaired) electrons. The summed E-state index contributed by atoms with van der Waals surface area (Å²) in [5.74, 6) is -0.0832. The lowest BCUT2D eigenvalue weighted by atomic mass is 10.3. The largest absolute Gasteiger partial charge is 0.306 e. The van der Waals surface area contributed by atoms with Gasteiger partial charge in [0.1, 0.15) is 5.82 Å². The van der Waals surface area contributed by atoms with E-state index in [1.165, 1.54) is 12.1 Å². The van der Waals surface area contributed by atoms with E-state index in [0.717, 1.165) is 11.4 Å². The third-order valence-corrected chi connectivity index (χ3v) is 2.54. The number of hydrogen-bond acceptors (Lipinski definition) is 1. The van der Waals surface area contributed by atoms with Crippen LogP contribution in [0.15, 0.2) is 30.7 Å². The number of imidazole rings is 1. The molecule has 5 heteroatoms. The zero-order valence-electron chi connectivity index (χ0n) is 7.62. The summed E-state index contributed by atoms with van der Waals surface area (Å²) in [5, 5.41) is 0.0913. The average molecular weight is 245 g/mol. The molecule has 0 saturated heterocycles. The Hall–Kier alpha value is -1.06. The molecule has 0 atom stereocenters. The third-order valence-electron chi connectivity index (χ3n) is 1.97. The van der Waals surface area contributed by atoms with Gasteiger partial charge in [-0.15, -0.1) is 11.6 Å². The standard InChI is InChI=1S/C10H7Cl2FN2/c11-4-7-5-15(6-14-7)8-1-2-10(13)9(12)3-8/h1-3,5-6H,4H2. The minimum Gasteiger partial charge on any atom is -0.306 e. The number of benzene rings is 1. The van der Waals surface area contributed by atoms with Crippen LogP contribution in [0.25, 0.3) is 5.69 Å². The molecule has 0 spiro atoms. The summed E-state index contributed by atoms with van der Waals surface area (Å²) in [4.78, 5) is 4.06. The Labute approximate surface area is 96.3 Å². The van der Waals surface area contributed by atoms with Crippen LogP contribution in [0.5, 0.6) is 0 Å². The van der Waals surface area contributed by atoms with Crippen molar-refractivity contribution in [2.45, 2.75) is 5.88 Å². The van der Waals surface area contributed by atoms with Gasteiger partial charge in [0, 0.05) is 11.9 Å². The molecule has 0 aliphatic heterocycles. The molecule has 0 unspecified atom stereocenters. The van der Waals surface area contributed by atoms with Crippen molar-refractivity contribution in [1.29, 1.82) is 0 Å². The Bertz CT molecular complexity index is 482. The van der Waals surface area contributed by atoms with Gasteiger partial charge in [-0.2, -0.15) is 0 Å². The van der Waals surface area contributed by atoms with Crippen LogP contribution in [0.2, 0.25) is 5.02 Å². The Kier molecular flexibility index (Phi) is 2.93. The highest BCUT2D eigenvalue weighted by atomic mass is 35.5. The molecule has 0 fully saturated rings. The second-order valence-corrected chi connectivity index (χ2v) is 3.68. The molecule has 0 amide bonds. The van der Waals surface area contributed by atoms with Gasteiger partial charge < -0.3 is 4.57 Å². The molecular weight excluding hydrogens is 238 g/mol. The maximum Gasteiger partial charge on any atom is 0.141 e. The lowest BCUT2D eigenvalue weighted by molar-refractivity contribution is 0.628. The van der Waals surface area contributed by atoms with Gasteiger partial charge in [-0.3, -0.25) is 0 Å². The molecule has 1 aromatic carbocycles. The highest BCUT2D eigenvalue weighted by molar-refractivity contribution is 6.30. The van der Waals surface area contributed by atoms with Crippen molar-refractivity contribution in [3.05, 3.63) is 47.3 Å². The molecule has 2 aromatic rings. The van der Waals surface area contributed by atoms with Gasteiger partial charge in [0.25, 0.3) is 0 Å². The minimum absolute atomic E-state index is 0.0913. The Balaban J connectivity index is 2.40. The van der Waals surface area contributed by atoms with E-state index in [1.807, 2.05) is 0 Å². The second kappa shape index (κ2) is 4.21. The molecule has 15 heavy (non-hydrogen) atoms. The minimum atomic E-state index is -0.432. The van der Waals surface area contributed by atoms with Crippen LogP contribution in [0.3, 0.4) is 0 Å². The van der Waals surface area contributed by atoms with Gasteiger partial charge in [-0.1, -0.05) is 11.6 Å². The molecule has 1 aromatic heterocycles. The topological polar surface area (TPSA) is 17.8 Å². The first kappa shape index (κ1) is 10.5. The Morgan fingerprint density at radius 3 is 2.80 bits per heavy atom. The molecule has 78 valence electrons. The first-order valence-corrected chi connectivity index (χ1v) is 5.16. The summed E-state index contributed by atoms with van der Waals surface area (Å²) in [6.45, 7) is 0. The molecule has 1 heterocycles. The second-order valence-electron chi connectivity index (χ2n) is 3.00. The summed E-state index contributed by atoms with van der Waals surface area (Å²) < 4.78 is 14.6. The fourth-order valence-electron chi connectivity index (χ4n) is 1.22. The number of alkyl halides is 1. The van der Waals surface area contributed by atoms with Gasteiger partial charge in [0.15, 0.2) is 0 Å². The van der Waals surface area contributed by atoms with Crippen molar-refractivity contribution >= 4 is 23.2 Å². The Morgan fingerprint density at radius 1 is 1.40 bits per heavy atom. The van der Waals surface area contributed by atoms with Crippen molar-refractivity contribution in [2.75, 3.05) is 0 Å². The van der Waals surface area contributed by atoms with E-state index in [1.54, 1.807) is 23.2 Å². The van der Waals surface area contributed by atoms with Crippen molar-refractivity contribution in [2.24, 2.45) is 0 Å². The van der Waals surface area contributed by atoms with E-state index in [0.29, 0.717) is 5.88 Å². The lowest BCUT2D eigenvalue weighted by Gasteiger charge is -2.02. The molecule has 0 saturated carbocycles. The van der Waals surface area contributed by atoms with E-state index in [-0.39, 0.29) is 5.02 Å². The Morgan fingerprint density at radius 2 is 2.20 bits per heavy atom. The van der Waals surface area contributed by atoms with Crippen molar-refractivity contribution in [3.8, 4) is 5.69 Å². The number of rotatable bonds is 2. The molecule has 0 bridgehead atoms. The van der Waals surface area contributed by atoms with Crippen LogP contribution in [-0.4, -0.2) is 9.55 Å². The quantitative estimate of drug-likeness (QED) is 0.741. The normalized spacial score (nSPS) is 10.6. The van der Waals surface area contributed by atoms with Crippen LogP contribution in [-0.2, 0) is 5.88 Å². The predicted octanol–water partition coefficient (Wildman–Crippen LogP) is 3.40. The van der Waals surface area contributed by atoms with Gasteiger partial charge in [0.05, 0.1) is 22.9 Å². The summed E-state index contributed by atoms with van der Waals surface area (Å²) in [6.07, 6.45) is 3.39. The highest BCUT2D eigenvalue weighted by Crippen LogP contribution is 2.19. The molecule has 0 aliphatic carbocycles. The van der Waals surface area contributed by atoms with E-state index in [9.17, 15) is 4.39 Å². The first-order valence-electron chi connectivity index (χ1n) is 4.25. The molecule has 0 aliphatic rings. The predicted molar refractivity (Wildman–Crippen MR) is 58.1 cm³/mol. The monoisotopic (exact) mass is 244 g/mol. The van der Waals surface area contributed by atoms with Crippen molar-refractivity contribution in [1.82, 2.24) is 9.55 Å². The van der Waals surface area contributed by atoms with E-state index in [2.05, 4.69) is 4.98 Å². The van der Waals surface area contributed by atoms with Gasteiger partial charge in [-0.25, -0.2) is 9.37 Å². The third kappa shape index (κ3) is 2.13. The molecule has 2 nitrogen and oxygen atoms in total. The molecular formula is C10H7Cl2FN2. The van der Waals surface area contributed by atoms with Crippen LogP contribution in [0.1, 0.15) is 5.69 Å². The SMILES string of the molecule is Fc1ccc(-n2cnc(CCl)c2)cc1Cl. The number of nitrogens with zero attached hydrogens (tertiary/aromatic N) is 2. The smallest absolute Gasteiger partial charge is 0.141 e. The number of aromatic nitrogens is 2. The number of halogens is 3. The van der Waals surface area contributed by atoms with Crippen LogP contribution < -0.4 is 0 Å². The maximum absolute atomic E-state index is 12.9. The van der Waals surface area contributed by atoms with E-state index >= 15 is 0 Å². The zero-order chi connectivity index (χ0) is 10.8. The summed E-state index contributed by atoms with van der Waals surface area (Å²) in [7, 11) is 0. The number of hydrogen-bond donors (Lipinski definition) is 0. The zero-order valence-corrected chi connectivity index (χ0v) is 9.13. The van der Waals surface area contributed by atoms with Crippen molar-refractivity contribution < 1.29 is 4.39 Å². The molecule has 2 rings (SSSR count). The van der Waals surface area contributed by atoms with Gasteiger partial charge in [0.2, 0.25) is 0 Å². The van der Waals surface area contributed by atoms with Crippen LogP contribution >= 0.6 is 23.2 Å². The van der Waals surface area contributed by atoms with Crippen molar-refractivity contribution in [3.63, 3.8) is 0 Å². The van der Waals surface area contributed by atoms with E-state index in [4.69, 9.17) is 23.2 Å². The molecule has 0 N–H and O–H groups in total. The lowest BCUT2D eigenvalue weighted by Crippen LogP contribution is -1.90. The summed E-state index contributed by atoms with van der Waals surface area (Å²) >= 11 is 11.3.